The van der Waals surface area contributed by atoms with Crippen molar-refractivity contribution in [1.82, 2.24) is 4.72 Å². The molecule has 0 saturated carbocycles. The first-order valence-electron chi connectivity index (χ1n) is 6.29. The molecule has 2 aromatic rings. The minimum atomic E-state index is -3.95. The van der Waals surface area contributed by atoms with Crippen molar-refractivity contribution in [2.75, 3.05) is 7.11 Å². The molecule has 0 aliphatic rings. The number of nitrogens with one attached hydrogen (secondary N) is 1. The van der Waals surface area contributed by atoms with Crippen LogP contribution >= 0.6 is 0 Å². The summed E-state index contributed by atoms with van der Waals surface area (Å²) in [5.74, 6) is 4.47. The maximum atomic E-state index is 12.0. The molecule has 0 unspecified atom stereocenters. The maximum Gasteiger partial charge on any atom is 0.309 e. The second-order valence-electron chi connectivity index (χ2n) is 4.23. The number of amides is 1. The highest BCUT2D eigenvalue weighted by atomic mass is 32.2. The Kier molecular flexibility index (Phi) is 4.81. The molecule has 0 aromatic heterocycles. The average Bonchev–Trinajstić information content (AvgIpc) is 2.53. The van der Waals surface area contributed by atoms with Crippen LogP contribution in [0.1, 0.15) is 5.56 Å². The summed E-state index contributed by atoms with van der Waals surface area (Å²) in [5, 5.41) is 0. The molecule has 0 heterocycles. The third kappa shape index (κ3) is 4.11. The van der Waals surface area contributed by atoms with Gasteiger partial charge in [0.2, 0.25) is 0 Å². The van der Waals surface area contributed by atoms with Gasteiger partial charge in [-0.25, -0.2) is 13.1 Å². The highest BCUT2D eigenvalue weighted by molar-refractivity contribution is 7.90. The monoisotopic (exact) mass is 315 g/mol. The van der Waals surface area contributed by atoms with Crippen molar-refractivity contribution in [3.8, 4) is 17.6 Å². The lowest BCUT2D eigenvalue weighted by molar-refractivity contribution is -0.114. The van der Waals surface area contributed by atoms with E-state index in [4.69, 9.17) is 4.74 Å². The predicted molar refractivity (Wildman–Crippen MR) is 81.6 cm³/mol. The zero-order valence-corrected chi connectivity index (χ0v) is 12.6. The number of hydrogen-bond donors (Lipinski definition) is 1. The van der Waals surface area contributed by atoms with E-state index >= 15 is 0 Å². The minimum absolute atomic E-state index is 0.0387. The molecule has 6 heteroatoms. The van der Waals surface area contributed by atoms with Crippen LogP contribution in [0.5, 0.6) is 5.75 Å². The molecule has 0 fully saturated rings. The summed E-state index contributed by atoms with van der Waals surface area (Å²) in [4.78, 5) is 11.6. The van der Waals surface area contributed by atoms with E-state index in [-0.39, 0.29) is 4.90 Å². The molecule has 0 aliphatic carbocycles. The van der Waals surface area contributed by atoms with Gasteiger partial charge in [-0.15, -0.1) is 0 Å². The normalized spacial score (nSPS) is 10.2. The second-order valence-corrected chi connectivity index (χ2v) is 5.91. The van der Waals surface area contributed by atoms with E-state index in [1.807, 2.05) is 10.8 Å². The van der Waals surface area contributed by atoms with Gasteiger partial charge in [0.25, 0.3) is 10.0 Å². The van der Waals surface area contributed by atoms with Crippen LogP contribution in [0.3, 0.4) is 0 Å². The summed E-state index contributed by atoms with van der Waals surface area (Å²) in [7, 11) is -2.47. The van der Waals surface area contributed by atoms with Gasteiger partial charge in [-0.1, -0.05) is 24.1 Å². The number of ether oxygens (including phenoxy) is 1. The van der Waals surface area contributed by atoms with Gasteiger partial charge in [0.1, 0.15) is 5.75 Å². The van der Waals surface area contributed by atoms with Crippen LogP contribution in [0.15, 0.2) is 59.5 Å². The van der Waals surface area contributed by atoms with Gasteiger partial charge >= 0.3 is 5.91 Å². The largest absolute Gasteiger partial charge is 0.497 e. The number of carbonyl (C=O) groups excluding carboxylic acids is 1. The summed E-state index contributed by atoms with van der Waals surface area (Å²) in [5.41, 5.74) is 0.625. The Morgan fingerprint density at radius 1 is 1.05 bits per heavy atom. The van der Waals surface area contributed by atoms with Gasteiger partial charge in [-0.05, 0) is 36.4 Å². The SMILES string of the molecule is COc1ccc(S(=O)(=O)NC(=O)C#Cc2ccccc2)cc1. The second kappa shape index (κ2) is 6.78. The Morgan fingerprint density at radius 2 is 1.68 bits per heavy atom. The number of sulfonamides is 1. The summed E-state index contributed by atoms with van der Waals surface area (Å²) >= 11 is 0. The predicted octanol–water partition coefficient (Wildman–Crippen LogP) is 1.55. The molecule has 5 nitrogen and oxygen atoms in total. The molecule has 0 spiro atoms. The van der Waals surface area contributed by atoms with E-state index in [1.54, 1.807) is 24.3 Å². The van der Waals surface area contributed by atoms with Gasteiger partial charge < -0.3 is 4.74 Å². The van der Waals surface area contributed by atoms with Gasteiger partial charge in [-0.3, -0.25) is 4.79 Å². The Hall–Kier alpha value is -2.78. The first-order valence-corrected chi connectivity index (χ1v) is 7.77. The Balaban J connectivity index is 2.11. The van der Waals surface area contributed by atoms with Gasteiger partial charge in [0.15, 0.2) is 0 Å². The number of benzene rings is 2. The Labute approximate surface area is 129 Å². The van der Waals surface area contributed by atoms with E-state index in [9.17, 15) is 13.2 Å². The third-order valence-corrected chi connectivity index (χ3v) is 4.04. The fourth-order valence-corrected chi connectivity index (χ4v) is 2.52. The lowest BCUT2D eigenvalue weighted by Gasteiger charge is -2.05. The first kappa shape index (κ1) is 15.6. The molecule has 2 aromatic carbocycles. The van der Waals surface area contributed by atoms with Crippen molar-refractivity contribution in [1.29, 1.82) is 0 Å². The number of carbonyl (C=O) groups is 1. The van der Waals surface area contributed by atoms with Crippen LogP contribution in [-0.4, -0.2) is 21.4 Å². The Bertz CT molecular complexity index is 816. The summed E-state index contributed by atoms with van der Waals surface area (Å²) < 4.78 is 30.9. The third-order valence-electron chi connectivity index (χ3n) is 2.69. The highest BCUT2D eigenvalue weighted by Crippen LogP contribution is 2.15. The molecule has 1 amide bonds. The van der Waals surface area contributed by atoms with E-state index in [0.717, 1.165) is 0 Å². The summed E-state index contributed by atoms with van der Waals surface area (Å²) in [6, 6.07) is 14.5. The molecular weight excluding hydrogens is 302 g/mol. The standard InChI is InChI=1S/C16H13NO4S/c1-21-14-8-10-15(11-9-14)22(19,20)17-16(18)12-7-13-5-3-2-4-6-13/h2-6,8-11H,1H3,(H,17,18). The molecule has 0 bridgehead atoms. The number of methoxy groups -OCH3 is 1. The summed E-state index contributed by atoms with van der Waals surface area (Å²) in [6.45, 7) is 0. The van der Waals surface area contributed by atoms with Gasteiger partial charge in [0.05, 0.1) is 12.0 Å². The van der Waals surface area contributed by atoms with Crippen molar-refractivity contribution in [2.24, 2.45) is 0 Å². The topological polar surface area (TPSA) is 72.5 Å². The lowest BCUT2D eigenvalue weighted by Crippen LogP contribution is -2.29. The van der Waals surface area contributed by atoms with E-state index in [0.29, 0.717) is 11.3 Å². The van der Waals surface area contributed by atoms with E-state index in [2.05, 4.69) is 11.8 Å². The fraction of sp³-hybridized carbons (Fsp3) is 0.0625. The molecule has 1 N–H and O–H groups in total. The van der Waals surface area contributed by atoms with Crippen LogP contribution < -0.4 is 9.46 Å². The number of rotatable bonds is 3. The summed E-state index contributed by atoms with van der Waals surface area (Å²) in [6.07, 6.45) is 0. The van der Waals surface area contributed by atoms with Gasteiger partial charge in [0, 0.05) is 11.5 Å². The van der Waals surface area contributed by atoms with Crippen molar-refractivity contribution in [3.05, 3.63) is 60.2 Å². The van der Waals surface area contributed by atoms with Crippen molar-refractivity contribution in [3.63, 3.8) is 0 Å². The quantitative estimate of drug-likeness (QED) is 0.872. The maximum absolute atomic E-state index is 12.0. The van der Waals surface area contributed by atoms with Crippen molar-refractivity contribution >= 4 is 15.9 Å². The average molecular weight is 315 g/mol. The smallest absolute Gasteiger partial charge is 0.309 e. The molecule has 0 atom stereocenters. The van der Waals surface area contributed by atoms with Crippen molar-refractivity contribution < 1.29 is 17.9 Å². The van der Waals surface area contributed by atoms with Crippen LogP contribution in [0, 0.1) is 11.8 Å². The van der Waals surface area contributed by atoms with E-state index in [1.165, 1.54) is 31.4 Å². The lowest BCUT2D eigenvalue weighted by atomic mass is 10.2. The van der Waals surface area contributed by atoms with E-state index < -0.39 is 15.9 Å². The number of hydrogen-bond acceptors (Lipinski definition) is 4. The minimum Gasteiger partial charge on any atom is -0.497 e. The molecule has 0 radical (unpaired) electrons. The zero-order valence-electron chi connectivity index (χ0n) is 11.7. The fourth-order valence-electron chi connectivity index (χ4n) is 1.61. The molecule has 112 valence electrons. The zero-order chi connectivity index (χ0) is 16.0. The first-order chi connectivity index (χ1) is 10.5. The molecule has 0 aliphatic heterocycles. The van der Waals surface area contributed by atoms with Crippen LogP contribution in [0.2, 0.25) is 0 Å². The molecule has 0 saturated heterocycles. The van der Waals surface area contributed by atoms with Gasteiger partial charge in [-0.2, -0.15) is 0 Å². The highest BCUT2D eigenvalue weighted by Gasteiger charge is 2.16. The van der Waals surface area contributed by atoms with Crippen LogP contribution in [-0.2, 0) is 14.8 Å². The Morgan fingerprint density at radius 3 is 2.27 bits per heavy atom. The molecular formula is C16H13NO4S. The van der Waals surface area contributed by atoms with Crippen LogP contribution in [0.4, 0.5) is 0 Å². The van der Waals surface area contributed by atoms with Crippen LogP contribution in [0.25, 0.3) is 0 Å². The molecule has 22 heavy (non-hydrogen) atoms. The molecule has 2 rings (SSSR count). The van der Waals surface area contributed by atoms with Crippen molar-refractivity contribution in [2.45, 2.75) is 4.90 Å².